The summed E-state index contributed by atoms with van der Waals surface area (Å²) in [6, 6.07) is 19.1. The molecule has 3 aromatic carbocycles. The number of halogens is 2. The molecule has 3 rings (SSSR count). The van der Waals surface area contributed by atoms with E-state index in [9.17, 15) is 9.59 Å². The quantitative estimate of drug-likeness (QED) is 0.390. The molecule has 0 fully saturated rings. The van der Waals surface area contributed by atoms with Gasteiger partial charge in [-0.05, 0) is 61.5 Å². The van der Waals surface area contributed by atoms with Gasteiger partial charge < -0.3 is 15.4 Å². The Bertz CT molecular complexity index is 1110. The standard InChI is InChI=1S/C23H20Cl2N2O3S/c1-14(22(28)27-21-10-9-16(24)12-20(21)25)31-19-8-4-6-17(13-19)26-23(29)15-5-3-7-18(11-15)30-2/h3-14H,1-2H3,(H,26,29)(H,27,28). The van der Waals surface area contributed by atoms with Gasteiger partial charge in [-0.3, -0.25) is 9.59 Å². The first-order valence-electron chi connectivity index (χ1n) is 9.34. The van der Waals surface area contributed by atoms with Gasteiger partial charge in [0, 0.05) is 21.2 Å². The number of benzene rings is 3. The van der Waals surface area contributed by atoms with Gasteiger partial charge in [0.15, 0.2) is 0 Å². The number of methoxy groups -OCH3 is 1. The van der Waals surface area contributed by atoms with E-state index in [2.05, 4.69) is 10.6 Å². The van der Waals surface area contributed by atoms with E-state index in [0.29, 0.717) is 32.7 Å². The van der Waals surface area contributed by atoms with Crippen LogP contribution in [0, 0.1) is 0 Å². The van der Waals surface area contributed by atoms with Crippen molar-refractivity contribution in [3.05, 3.63) is 82.3 Å². The van der Waals surface area contributed by atoms with Crippen LogP contribution in [-0.2, 0) is 4.79 Å². The molecule has 0 saturated heterocycles. The first-order valence-corrected chi connectivity index (χ1v) is 11.0. The van der Waals surface area contributed by atoms with Gasteiger partial charge in [0.05, 0.1) is 23.1 Å². The third-order valence-electron chi connectivity index (χ3n) is 4.29. The van der Waals surface area contributed by atoms with E-state index in [-0.39, 0.29) is 11.8 Å². The molecule has 0 spiro atoms. The predicted molar refractivity (Wildman–Crippen MR) is 128 cm³/mol. The van der Waals surface area contributed by atoms with E-state index in [1.165, 1.54) is 11.8 Å². The molecule has 8 heteroatoms. The summed E-state index contributed by atoms with van der Waals surface area (Å²) in [5, 5.41) is 6.15. The molecule has 3 aromatic rings. The summed E-state index contributed by atoms with van der Waals surface area (Å²) in [7, 11) is 1.55. The Hall–Kier alpha value is -2.67. The number of nitrogens with one attached hydrogen (secondary N) is 2. The highest BCUT2D eigenvalue weighted by Crippen LogP contribution is 2.29. The molecule has 0 saturated carbocycles. The van der Waals surface area contributed by atoms with Crippen molar-refractivity contribution in [3.63, 3.8) is 0 Å². The Morgan fingerprint density at radius 3 is 2.48 bits per heavy atom. The number of hydrogen-bond donors (Lipinski definition) is 2. The van der Waals surface area contributed by atoms with Crippen LogP contribution in [0.4, 0.5) is 11.4 Å². The monoisotopic (exact) mass is 474 g/mol. The minimum absolute atomic E-state index is 0.194. The number of hydrogen-bond acceptors (Lipinski definition) is 4. The molecular weight excluding hydrogens is 455 g/mol. The molecule has 0 aromatic heterocycles. The largest absolute Gasteiger partial charge is 0.497 e. The topological polar surface area (TPSA) is 67.4 Å². The molecule has 2 amide bonds. The number of carbonyl (C=O) groups excluding carboxylic acids is 2. The maximum Gasteiger partial charge on any atom is 0.255 e. The average Bonchev–Trinajstić information content (AvgIpc) is 2.75. The lowest BCUT2D eigenvalue weighted by Gasteiger charge is -2.14. The Morgan fingerprint density at radius 1 is 0.968 bits per heavy atom. The van der Waals surface area contributed by atoms with Crippen LogP contribution in [0.3, 0.4) is 0 Å². The highest BCUT2D eigenvalue weighted by atomic mass is 35.5. The molecule has 31 heavy (non-hydrogen) atoms. The predicted octanol–water partition coefficient (Wildman–Crippen LogP) is 6.37. The molecule has 0 radical (unpaired) electrons. The van der Waals surface area contributed by atoms with Crippen LogP contribution in [0.1, 0.15) is 17.3 Å². The number of ether oxygens (including phenoxy) is 1. The lowest BCUT2D eigenvalue weighted by atomic mass is 10.2. The lowest BCUT2D eigenvalue weighted by Crippen LogP contribution is -2.22. The zero-order chi connectivity index (χ0) is 22.4. The van der Waals surface area contributed by atoms with E-state index < -0.39 is 5.25 Å². The fraction of sp³-hybridized carbons (Fsp3) is 0.130. The maximum absolute atomic E-state index is 12.6. The summed E-state index contributed by atoms with van der Waals surface area (Å²) >= 11 is 13.4. The second kappa shape index (κ2) is 10.6. The van der Waals surface area contributed by atoms with Crippen LogP contribution >= 0.6 is 35.0 Å². The summed E-state index contributed by atoms with van der Waals surface area (Å²) in [6.07, 6.45) is 0. The van der Waals surface area contributed by atoms with Gasteiger partial charge in [0.1, 0.15) is 5.75 Å². The second-order valence-electron chi connectivity index (χ2n) is 6.59. The summed E-state index contributed by atoms with van der Waals surface area (Å²) in [4.78, 5) is 25.9. The van der Waals surface area contributed by atoms with Gasteiger partial charge in [0.25, 0.3) is 5.91 Å². The third-order valence-corrected chi connectivity index (χ3v) is 5.94. The van der Waals surface area contributed by atoms with Crippen LogP contribution in [0.2, 0.25) is 10.0 Å². The van der Waals surface area contributed by atoms with Crippen LogP contribution in [0.25, 0.3) is 0 Å². The van der Waals surface area contributed by atoms with Crippen molar-refractivity contribution < 1.29 is 14.3 Å². The summed E-state index contributed by atoms with van der Waals surface area (Å²) < 4.78 is 5.16. The highest BCUT2D eigenvalue weighted by Gasteiger charge is 2.16. The zero-order valence-corrected chi connectivity index (χ0v) is 19.1. The van der Waals surface area contributed by atoms with Crippen LogP contribution in [0.5, 0.6) is 5.75 Å². The molecule has 1 unspecified atom stereocenters. The van der Waals surface area contributed by atoms with E-state index in [4.69, 9.17) is 27.9 Å². The normalized spacial score (nSPS) is 11.5. The summed E-state index contributed by atoms with van der Waals surface area (Å²) in [5.41, 5.74) is 1.62. The van der Waals surface area contributed by atoms with Gasteiger partial charge in [-0.1, -0.05) is 35.3 Å². The Balaban J connectivity index is 1.64. The number of rotatable bonds is 7. The Labute approximate surface area is 195 Å². The Morgan fingerprint density at radius 2 is 1.74 bits per heavy atom. The SMILES string of the molecule is COc1cccc(C(=O)Nc2cccc(SC(C)C(=O)Nc3ccc(Cl)cc3Cl)c2)c1. The lowest BCUT2D eigenvalue weighted by molar-refractivity contribution is -0.115. The molecule has 0 heterocycles. The van der Waals surface area contributed by atoms with Crippen molar-refractivity contribution in [2.45, 2.75) is 17.1 Å². The number of thioether (sulfide) groups is 1. The molecular formula is C23H20Cl2N2O3S. The van der Waals surface area contributed by atoms with Crippen molar-refractivity contribution >= 4 is 58.2 Å². The molecule has 2 N–H and O–H groups in total. The summed E-state index contributed by atoms with van der Waals surface area (Å²) in [5.74, 6) is 0.168. The summed E-state index contributed by atoms with van der Waals surface area (Å²) in [6.45, 7) is 1.80. The van der Waals surface area contributed by atoms with Gasteiger partial charge in [0.2, 0.25) is 5.91 Å². The highest BCUT2D eigenvalue weighted by molar-refractivity contribution is 8.00. The maximum atomic E-state index is 12.6. The van der Waals surface area contributed by atoms with Crippen molar-refractivity contribution in [3.8, 4) is 5.75 Å². The fourth-order valence-electron chi connectivity index (χ4n) is 2.70. The second-order valence-corrected chi connectivity index (χ2v) is 8.85. The van der Waals surface area contributed by atoms with Crippen LogP contribution < -0.4 is 15.4 Å². The fourth-order valence-corrected chi connectivity index (χ4v) is 4.08. The molecule has 5 nitrogen and oxygen atoms in total. The Kier molecular flexibility index (Phi) is 7.85. The first kappa shape index (κ1) is 23.0. The molecule has 0 bridgehead atoms. The van der Waals surface area contributed by atoms with Crippen molar-refractivity contribution in [2.75, 3.05) is 17.7 Å². The van der Waals surface area contributed by atoms with Crippen LogP contribution in [0.15, 0.2) is 71.6 Å². The van der Waals surface area contributed by atoms with E-state index in [1.807, 2.05) is 18.2 Å². The van der Waals surface area contributed by atoms with Crippen molar-refractivity contribution in [2.24, 2.45) is 0 Å². The smallest absolute Gasteiger partial charge is 0.255 e. The van der Waals surface area contributed by atoms with Crippen molar-refractivity contribution in [1.29, 1.82) is 0 Å². The third kappa shape index (κ3) is 6.40. The van der Waals surface area contributed by atoms with Crippen LogP contribution in [-0.4, -0.2) is 24.2 Å². The van der Waals surface area contributed by atoms with Gasteiger partial charge in [-0.15, -0.1) is 11.8 Å². The van der Waals surface area contributed by atoms with Gasteiger partial charge in [-0.25, -0.2) is 0 Å². The van der Waals surface area contributed by atoms with E-state index >= 15 is 0 Å². The zero-order valence-electron chi connectivity index (χ0n) is 16.8. The van der Waals surface area contributed by atoms with Crippen molar-refractivity contribution in [1.82, 2.24) is 0 Å². The first-order chi connectivity index (χ1) is 14.9. The molecule has 0 aliphatic rings. The van der Waals surface area contributed by atoms with Gasteiger partial charge >= 0.3 is 0 Å². The number of carbonyl (C=O) groups is 2. The molecule has 0 aliphatic heterocycles. The molecule has 160 valence electrons. The van der Waals surface area contributed by atoms with E-state index in [1.54, 1.807) is 62.6 Å². The average molecular weight is 475 g/mol. The molecule has 0 aliphatic carbocycles. The minimum atomic E-state index is -0.393. The minimum Gasteiger partial charge on any atom is -0.497 e. The van der Waals surface area contributed by atoms with Gasteiger partial charge in [-0.2, -0.15) is 0 Å². The van der Waals surface area contributed by atoms with E-state index in [0.717, 1.165) is 4.90 Å². The molecule has 1 atom stereocenters. The number of amides is 2. The number of anilines is 2.